The SMILES string of the molecule is CCCNC(=O)CCc1ccc(OC(C)C)c(N)c1. The highest BCUT2D eigenvalue weighted by Gasteiger charge is 2.06. The monoisotopic (exact) mass is 264 g/mol. The Balaban J connectivity index is 2.51. The van der Waals surface area contributed by atoms with Gasteiger partial charge in [0.05, 0.1) is 11.8 Å². The van der Waals surface area contributed by atoms with Crippen LogP contribution >= 0.6 is 0 Å². The number of hydrogen-bond donors (Lipinski definition) is 2. The maximum atomic E-state index is 11.5. The Bertz CT molecular complexity index is 417. The van der Waals surface area contributed by atoms with Crippen molar-refractivity contribution < 1.29 is 9.53 Å². The number of nitrogens with one attached hydrogen (secondary N) is 1. The summed E-state index contributed by atoms with van der Waals surface area (Å²) in [5.41, 5.74) is 7.61. The zero-order valence-corrected chi connectivity index (χ0v) is 12.0. The molecule has 1 aromatic rings. The number of aryl methyl sites for hydroxylation is 1. The lowest BCUT2D eigenvalue weighted by Crippen LogP contribution is -2.24. The molecule has 106 valence electrons. The van der Waals surface area contributed by atoms with Gasteiger partial charge in [0.25, 0.3) is 0 Å². The van der Waals surface area contributed by atoms with Gasteiger partial charge in [-0.25, -0.2) is 0 Å². The molecular weight excluding hydrogens is 240 g/mol. The Labute approximate surface area is 115 Å². The average Bonchev–Trinajstić information content (AvgIpc) is 2.36. The average molecular weight is 264 g/mol. The smallest absolute Gasteiger partial charge is 0.220 e. The molecule has 0 aromatic heterocycles. The van der Waals surface area contributed by atoms with Gasteiger partial charge < -0.3 is 15.8 Å². The molecule has 19 heavy (non-hydrogen) atoms. The van der Waals surface area contributed by atoms with Crippen molar-refractivity contribution in [2.75, 3.05) is 12.3 Å². The summed E-state index contributed by atoms with van der Waals surface area (Å²) >= 11 is 0. The number of nitrogens with two attached hydrogens (primary N) is 1. The maximum Gasteiger partial charge on any atom is 0.220 e. The summed E-state index contributed by atoms with van der Waals surface area (Å²) in [6.07, 6.45) is 2.25. The Morgan fingerprint density at radius 2 is 2.16 bits per heavy atom. The molecule has 0 fully saturated rings. The fraction of sp³-hybridized carbons (Fsp3) is 0.533. The molecule has 0 saturated carbocycles. The van der Waals surface area contributed by atoms with Gasteiger partial charge in [-0.1, -0.05) is 13.0 Å². The number of rotatable bonds is 7. The zero-order chi connectivity index (χ0) is 14.3. The van der Waals surface area contributed by atoms with Crippen LogP contribution in [-0.4, -0.2) is 18.6 Å². The fourth-order valence-corrected chi connectivity index (χ4v) is 1.73. The quantitative estimate of drug-likeness (QED) is 0.744. The van der Waals surface area contributed by atoms with E-state index >= 15 is 0 Å². The minimum Gasteiger partial charge on any atom is -0.489 e. The standard InChI is InChI=1S/C15H24N2O2/c1-4-9-17-15(18)8-6-12-5-7-14(13(16)10-12)19-11(2)3/h5,7,10-11H,4,6,8-9,16H2,1-3H3,(H,17,18). The molecule has 3 N–H and O–H groups in total. The first-order valence-electron chi connectivity index (χ1n) is 6.84. The molecule has 0 aliphatic carbocycles. The van der Waals surface area contributed by atoms with Gasteiger partial charge in [-0.2, -0.15) is 0 Å². The Morgan fingerprint density at radius 1 is 1.42 bits per heavy atom. The second kappa shape index (κ2) is 7.67. The van der Waals surface area contributed by atoms with Crippen LogP contribution in [0.2, 0.25) is 0 Å². The molecule has 0 aliphatic rings. The Kier molecular flexibility index (Phi) is 6.19. The summed E-state index contributed by atoms with van der Waals surface area (Å²) in [7, 11) is 0. The van der Waals surface area contributed by atoms with Crippen LogP contribution in [-0.2, 0) is 11.2 Å². The van der Waals surface area contributed by atoms with E-state index in [2.05, 4.69) is 5.32 Å². The van der Waals surface area contributed by atoms with Crippen molar-refractivity contribution >= 4 is 11.6 Å². The van der Waals surface area contributed by atoms with Gasteiger partial charge in [-0.05, 0) is 44.4 Å². The zero-order valence-electron chi connectivity index (χ0n) is 12.0. The lowest BCUT2D eigenvalue weighted by atomic mass is 10.1. The molecule has 4 heteroatoms. The van der Waals surface area contributed by atoms with Crippen LogP contribution in [0.4, 0.5) is 5.69 Å². The minimum absolute atomic E-state index is 0.0860. The predicted octanol–water partition coefficient (Wildman–Crippen LogP) is 2.51. The van der Waals surface area contributed by atoms with E-state index in [1.807, 2.05) is 39.0 Å². The van der Waals surface area contributed by atoms with Crippen LogP contribution in [0.3, 0.4) is 0 Å². The van der Waals surface area contributed by atoms with Crippen LogP contribution in [0.5, 0.6) is 5.75 Å². The number of carbonyl (C=O) groups excluding carboxylic acids is 1. The highest BCUT2D eigenvalue weighted by molar-refractivity contribution is 5.76. The van der Waals surface area contributed by atoms with Crippen LogP contribution in [0.25, 0.3) is 0 Å². The van der Waals surface area contributed by atoms with Crippen LogP contribution < -0.4 is 15.8 Å². The van der Waals surface area contributed by atoms with Gasteiger partial charge in [0.1, 0.15) is 5.75 Å². The maximum absolute atomic E-state index is 11.5. The Morgan fingerprint density at radius 3 is 2.74 bits per heavy atom. The fourth-order valence-electron chi connectivity index (χ4n) is 1.73. The first kappa shape index (κ1) is 15.3. The van der Waals surface area contributed by atoms with E-state index in [1.165, 1.54) is 0 Å². The molecule has 0 heterocycles. The van der Waals surface area contributed by atoms with Crippen molar-refractivity contribution in [3.05, 3.63) is 23.8 Å². The van der Waals surface area contributed by atoms with E-state index in [4.69, 9.17) is 10.5 Å². The number of hydrogen-bond acceptors (Lipinski definition) is 3. The van der Waals surface area contributed by atoms with Crippen LogP contribution in [0.15, 0.2) is 18.2 Å². The first-order chi connectivity index (χ1) is 9.02. The van der Waals surface area contributed by atoms with E-state index < -0.39 is 0 Å². The third-order valence-electron chi connectivity index (χ3n) is 2.65. The van der Waals surface area contributed by atoms with E-state index in [1.54, 1.807) is 0 Å². The van der Waals surface area contributed by atoms with Crippen molar-refractivity contribution in [1.82, 2.24) is 5.32 Å². The van der Waals surface area contributed by atoms with Crippen molar-refractivity contribution in [2.45, 2.75) is 46.1 Å². The van der Waals surface area contributed by atoms with E-state index in [0.717, 1.165) is 18.5 Å². The molecule has 0 spiro atoms. The molecular formula is C15H24N2O2. The molecule has 0 aliphatic heterocycles. The number of ether oxygens (including phenoxy) is 1. The molecule has 0 atom stereocenters. The number of anilines is 1. The normalized spacial score (nSPS) is 10.5. The molecule has 0 saturated heterocycles. The summed E-state index contributed by atoms with van der Waals surface area (Å²) in [5, 5.41) is 2.86. The van der Waals surface area contributed by atoms with Crippen molar-refractivity contribution in [3.63, 3.8) is 0 Å². The third-order valence-corrected chi connectivity index (χ3v) is 2.65. The van der Waals surface area contributed by atoms with Crippen LogP contribution in [0.1, 0.15) is 39.2 Å². The van der Waals surface area contributed by atoms with Crippen molar-refractivity contribution in [3.8, 4) is 5.75 Å². The van der Waals surface area contributed by atoms with E-state index in [-0.39, 0.29) is 12.0 Å². The number of nitrogen functional groups attached to an aromatic ring is 1. The van der Waals surface area contributed by atoms with Gasteiger partial charge >= 0.3 is 0 Å². The third kappa shape index (κ3) is 5.64. The van der Waals surface area contributed by atoms with E-state index in [0.29, 0.717) is 24.3 Å². The molecule has 1 aromatic carbocycles. The minimum atomic E-state index is 0.0860. The van der Waals surface area contributed by atoms with Gasteiger partial charge in [0.15, 0.2) is 0 Å². The van der Waals surface area contributed by atoms with Crippen LogP contribution in [0, 0.1) is 0 Å². The van der Waals surface area contributed by atoms with Gasteiger partial charge in [0, 0.05) is 13.0 Å². The highest BCUT2D eigenvalue weighted by Crippen LogP contribution is 2.24. The predicted molar refractivity (Wildman–Crippen MR) is 78.2 cm³/mol. The van der Waals surface area contributed by atoms with Gasteiger partial charge in [0.2, 0.25) is 5.91 Å². The second-order valence-corrected chi connectivity index (χ2v) is 4.89. The topological polar surface area (TPSA) is 64.3 Å². The summed E-state index contributed by atoms with van der Waals surface area (Å²) in [4.78, 5) is 11.5. The largest absolute Gasteiger partial charge is 0.489 e. The van der Waals surface area contributed by atoms with Crippen molar-refractivity contribution in [2.24, 2.45) is 0 Å². The molecule has 1 rings (SSSR count). The molecule has 0 unspecified atom stereocenters. The molecule has 0 radical (unpaired) electrons. The summed E-state index contributed by atoms with van der Waals surface area (Å²) < 4.78 is 5.57. The summed E-state index contributed by atoms with van der Waals surface area (Å²) in [6, 6.07) is 5.71. The molecule has 1 amide bonds. The lowest BCUT2D eigenvalue weighted by molar-refractivity contribution is -0.121. The Hall–Kier alpha value is -1.71. The molecule has 4 nitrogen and oxygen atoms in total. The number of carbonyl (C=O) groups is 1. The summed E-state index contributed by atoms with van der Waals surface area (Å²) in [5.74, 6) is 0.789. The summed E-state index contributed by atoms with van der Waals surface area (Å²) in [6.45, 7) is 6.70. The number of amides is 1. The number of benzene rings is 1. The van der Waals surface area contributed by atoms with Crippen molar-refractivity contribution in [1.29, 1.82) is 0 Å². The highest BCUT2D eigenvalue weighted by atomic mass is 16.5. The van der Waals surface area contributed by atoms with Gasteiger partial charge in [-0.15, -0.1) is 0 Å². The molecule has 0 bridgehead atoms. The second-order valence-electron chi connectivity index (χ2n) is 4.89. The van der Waals surface area contributed by atoms with Gasteiger partial charge in [-0.3, -0.25) is 4.79 Å². The van der Waals surface area contributed by atoms with E-state index in [9.17, 15) is 4.79 Å². The lowest BCUT2D eigenvalue weighted by Gasteiger charge is -2.13. The first-order valence-corrected chi connectivity index (χ1v) is 6.84.